The van der Waals surface area contributed by atoms with E-state index in [4.69, 9.17) is 9.47 Å². The van der Waals surface area contributed by atoms with Crippen LogP contribution in [0.25, 0.3) is 11.1 Å². The number of halogens is 4. The fraction of sp³-hybridized carbons (Fsp3) is 0.286. The van der Waals surface area contributed by atoms with E-state index >= 15 is 0 Å². The summed E-state index contributed by atoms with van der Waals surface area (Å²) in [6.07, 6.45) is -0.737. The van der Waals surface area contributed by atoms with E-state index in [1.165, 1.54) is 12.1 Å². The average molecular weight is 500 g/mol. The second-order valence-electron chi connectivity index (χ2n) is 9.17. The zero-order chi connectivity index (χ0) is 25.4. The number of nitrogens with zero attached hydrogens (tertiary/aromatic N) is 1. The molecule has 4 nitrogen and oxygen atoms in total. The summed E-state index contributed by atoms with van der Waals surface area (Å²) in [5.41, 5.74) is 2.52. The molecular weight excluding hydrogens is 474 g/mol. The summed E-state index contributed by atoms with van der Waals surface area (Å²) in [6.45, 7) is 4.14. The molecule has 3 aromatic rings. The van der Waals surface area contributed by atoms with Crippen LogP contribution in [0.4, 0.5) is 17.6 Å². The standard InChI is InChI=1S/C28H25F4NO3/c1-16-22-12-20(34)4-7-25(22)36-28(26(16)19-10-23(30)27(32)24(31)11-19)18-2-5-21(6-3-18)35-9-8-33-14-17(13-29)15-33/h2-7,10-12,17,28,34H,8-9,13-15H2,1H3/t28-/m1/s1. The lowest BCUT2D eigenvalue weighted by Gasteiger charge is -2.37. The summed E-state index contributed by atoms with van der Waals surface area (Å²) in [7, 11) is 0. The summed E-state index contributed by atoms with van der Waals surface area (Å²) in [4.78, 5) is 2.13. The first-order valence-electron chi connectivity index (χ1n) is 11.7. The van der Waals surface area contributed by atoms with Crippen LogP contribution in [-0.4, -0.2) is 42.9 Å². The number of hydrogen-bond donors (Lipinski definition) is 1. The number of ether oxygens (including phenoxy) is 2. The Morgan fingerprint density at radius 1 is 1.00 bits per heavy atom. The van der Waals surface area contributed by atoms with E-state index < -0.39 is 23.6 Å². The number of likely N-dealkylation sites (tertiary alicyclic amines) is 1. The highest BCUT2D eigenvalue weighted by molar-refractivity contribution is 5.95. The number of rotatable bonds is 7. The van der Waals surface area contributed by atoms with E-state index in [2.05, 4.69) is 4.90 Å². The minimum Gasteiger partial charge on any atom is -0.508 e. The maximum atomic E-state index is 14.2. The molecule has 0 bridgehead atoms. The fourth-order valence-corrected chi connectivity index (χ4v) is 4.74. The average Bonchev–Trinajstić information content (AvgIpc) is 2.84. The molecule has 3 aromatic carbocycles. The van der Waals surface area contributed by atoms with Gasteiger partial charge in [0, 0.05) is 36.7 Å². The highest BCUT2D eigenvalue weighted by Crippen LogP contribution is 2.47. The van der Waals surface area contributed by atoms with Crippen molar-refractivity contribution in [3.63, 3.8) is 0 Å². The van der Waals surface area contributed by atoms with E-state index in [0.29, 0.717) is 46.9 Å². The lowest BCUT2D eigenvalue weighted by atomic mass is 9.86. The van der Waals surface area contributed by atoms with E-state index in [1.807, 2.05) is 0 Å². The number of benzene rings is 3. The normalized spacial score (nSPS) is 18.0. The van der Waals surface area contributed by atoms with Gasteiger partial charge in [-0.25, -0.2) is 13.2 Å². The molecule has 188 valence electrons. The van der Waals surface area contributed by atoms with Crippen LogP contribution in [0.2, 0.25) is 0 Å². The molecule has 1 atom stereocenters. The van der Waals surface area contributed by atoms with Crippen LogP contribution >= 0.6 is 0 Å². The predicted octanol–water partition coefficient (Wildman–Crippen LogP) is 6.15. The molecule has 36 heavy (non-hydrogen) atoms. The maximum Gasteiger partial charge on any atom is 0.194 e. The monoisotopic (exact) mass is 499 g/mol. The highest BCUT2D eigenvalue weighted by Gasteiger charge is 2.31. The Kier molecular flexibility index (Phi) is 6.62. The molecule has 0 saturated carbocycles. The van der Waals surface area contributed by atoms with Crippen molar-refractivity contribution in [1.29, 1.82) is 0 Å². The Labute approximate surface area is 206 Å². The number of allylic oxidation sites excluding steroid dienone is 1. The molecule has 2 heterocycles. The van der Waals surface area contributed by atoms with Gasteiger partial charge in [0.15, 0.2) is 17.5 Å². The summed E-state index contributed by atoms with van der Waals surface area (Å²) < 4.78 is 66.6. The van der Waals surface area contributed by atoms with Crippen LogP contribution in [0.1, 0.15) is 29.7 Å². The fourth-order valence-electron chi connectivity index (χ4n) is 4.74. The van der Waals surface area contributed by atoms with Crippen molar-refractivity contribution in [1.82, 2.24) is 4.90 Å². The van der Waals surface area contributed by atoms with Gasteiger partial charge in [-0.15, -0.1) is 0 Å². The van der Waals surface area contributed by atoms with Gasteiger partial charge in [0.05, 0.1) is 6.67 Å². The van der Waals surface area contributed by atoms with Crippen LogP contribution in [0.15, 0.2) is 54.6 Å². The molecule has 0 amide bonds. The van der Waals surface area contributed by atoms with Gasteiger partial charge in [-0.1, -0.05) is 12.1 Å². The van der Waals surface area contributed by atoms with E-state index in [9.17, 15) is 22.7 Å². The molecular formula is C28H25F4NO3. The highest BCUT2D eigenvalue weighted by atomic mass is 19.2. The van der Waals surface area contributed by atoms with Crippen LogP contribution in [0.3, 0.4) is 0 Å². The van der Waals surface area contributed by atoms with E-state index in [0.717, 1.165) is 25.2 Å². The van der Waals surface area contributed by atoms with Crippen molar-refractivity contribution < 1.29 is 32.1 Å². The smallest absolute Gasteiger partial charge is 0.194 e. The van der Waals surface area contributed by atoms with Crippen molar-refractivity contribution >= 4 is 11.1 Å². The van der Waals surface area contributed by atoms with Crippen LogP contribution in [-0.2, 0) is 0 Å². The topological polar surface area (TPSA) is 41.9 Å². The summed E-state index contributed by atoms with van der Waals surface area (Å²) in [5.74, 6) is -2.84. The molecule has 0 unspecified atom stereocenters. The van der Waals surface area contributed by atoms with Crippen molar-refractivity contribution in [3.05, 3.63) is 88.7 Å². The van der Waals surface area contributed by atoms with Gasteiger partial charge < -0.3 is 14.6 Å². The third-order valence-electron chi connectivity index (χ3n) is 6.68. The molecule has 2 aliphatic heterocycles. The lowest BCUT2D eigenvalue weighted by Crippen LogP contribution is -2.49. The van der Waals surface area contributed by atoms with Gasteiger partial charge in [0.25, 0.3) is 0 Å². The van der Waals surface area contributed by atoms with Gasteiger partial charge in [-0.05, 0) is 66.1 Å². The Hall–Kier alpha value is -3.52. The number of hydrogen-bond acceptors (Lipinski definition) is 4. The zero-order valence-electron chi connectivity index (χ0n) is 19.6. The van der Waals surface area contributed by atoms with Gasteiger partial charge in [-0.2, -0.15) is 0 Å². The predicted molar refractivity (Wildman–Crippen MR) is 128 cm³/mol. The van der Waals surface area contributed by atoms with Gasteiger partial charge in [0.2, 0.25) is 0 Å². The number of phenolic OH excluding ortho intramolecular Hbond substituents is 1. The molecule has 1 fully saturated rings. The third kappa shape index (κ3) is 4.65. The van der Waals surface area contributed by atoms with Gasteiger partial charge in [0.1, 0.15) is 30.0 Å². The quantitative estimate of drug-likeness (QED) is 0.313. The first kappa shape index (κ1) is 24.2. The van der Waals surface area contributed by atoms with Crippen molar-refractivity contribution in [2.75, 3.05) is 32.9 Å². The van der Waals surface area contributed by atoms with Crippen molar-refractivity contribution in [3.8, 4) is 17.2 Å². The van der Waals surface area contributed by atoms with Gasteiger partial charge >= 0.3 is 0 Å². The maximum absolute atomic E-state index is 14.2. The third-order valence-corrected chi connectivity index (χ3v) is 6.68. The minimum atomic E-state index is -1.54. The largest absolute Gasteiger partial charge is 0.508 e. The second kappa shape index (κ2) is 9.85. The van der Waals surface area contributed by atoms with Crippen molar-refractivity contribution in [2.24, 2.45) is 5.92 Å². The lowest BCUT2D eigenvalue weighted by molar-refractivity contribution is 0.0668. The SMILES string of the molecule is CC1=C(c2cc(F)c(F)c(F)c2)[C@@H](c2ccc(OCCN3CC(CF)C3)cc2)Oc2ccc(O)cc21. The molecule has 0 aromatic heterocycles. The summed E-state index contributed by atoms with van der Waals surface area (Å²) in [6, 6.07) is 13.7. The van der Waals surface area contributed by atoms with Crippen molar-refractivity contribution in [2.45, 2.75) is 13.0 Å². The van der Waals surface area contributed by atoms with Gasteiger partial charge in [-0.3, -0.25) is 9.29 Å². The van der Waals surface area contributed by atoms with Crippen LogP contribution in [0, 0.1) is 23.4 Å². The second-order valence-corrected chi connectivity index (χ2v) is 9.17. The summed E-state index contributed by atoms with van der Waals surface area (Å²) >= 11 is 0. The Bertz CT molecular complexity index is 1280. The molecule has 0 radical (unpaired) electrons. The molecule has 1 N–H and O–H groups in total. The Morgan fingerprint density at radius 3 is 2.36 bits per heavy atom. The first-order valence-corrected chi connectivity index (χ1v) is 11.7. The molecule has 1 saturated heterocycles. The van der Waals surface area contributed by atoms with Crippen LogP contribution in [0.5, 0.6) is 17.2 Å². The molecule has 0 aliphatic carbocycles. The van der Waals surface area contributed by atoms with E-state index in [1.54, 1.807) is 37.3 Å². The minimum absolute atomic E-state index is 0.0194. The number of phenols is 1. The molecule has 2 aliphatic rings. The number of aromatic hydroxyl groups is 1. The molecule has 0 spiro atoms. The summed E-state index contributed by atoms with van der Waals surface area (Å²) in [5, 5.41) is 9.97. The molecule has 8 heteroatoms. The first-order chi connectivity index (χ1) is 17.3. The Morgan fingerprint density at radius 2 is 1.69 bits per heavy atom. The number of alkyl halides is 1. The molecule has 5 rings (SSSR count). The zero-order valence-corrected chi connectivity index (χ0v) is 19.6. The van der Waals surface area contributed by atoms with E-state index in [-0.39, 0.29) is 23.9 Å². The Balaban J connectivity index is 1.42. The van der Waals surface area contributed by atoms with Crippen LogP contribution < -0.4 is 9.47 Å². The number of fused-ring (bicyclic) bond motifs is 1.